The molecule has 2 aliphatic carbocycles. The van der Waals surface area contributed by atoms with Gasteiger partial charge >= 0.3 is 360 Å². The fourth-order valence-corrected chi connectivity index (χ4v) is 39.6. The van der Waals surface area contributed by atoms with E-state index in [4.69, 9.17) is 0 Å². The molecule has 58 heavy (non-hydrogen) atoms. The SMILES string of the molecule is CCCc1ccc2c(c1-c1ccccc1C)C=C(CC)[CH]2[Zr]([Cl])([Cl])([c]1cccc2c1[SiH2]c1ccccc1-2)[CH]1C(CC)=Cc2c1ccc(CCC)c2-c1ccccc1C. The molecular formula is C54H55Cl2SiZr. The fraction of sp³-hybridized carbons (Fsp3) is 0.259. The molecule has 0 fully saturated rings. The molecule has 0 spiro atoms. The van der Waals surface area contributed by atoms with Crippen LogP contribution in [0.5, 0.6) is 0 Å². The Balaban J connectivity index is 1.39. The van der Waals surface area contributed by atoms with E-state index in [0.29, 0.717) is 0 Å². The normalized spacial score (nSPS) is 17.6. The van der Waals surface area contributed by atoms with Gasteiger partial charge in [-0.1, -0.05) is 0 Å². The molecule has 293 valence electrons. The molecule has 4 heteroatoms. The molecule has 1 heterocycles. The third kappa shape index (κ3) is 6.06. The summed E-state index contributed by atoms with van der Waals surface area (Å²) in [5.41, 5.74) is 21.7. The number of hydrogen-bond acceptors (Lipinski definition) is 0. The molecule has 0 saturated carbocycles. The summed E-state index contributed by atoms with van der Waals surface area (Å²) < 4.78 is 1.16. The van der Waals surface area contributed by atoms with Gasteiger partial charge in [-0.2, -0.15) is 0 Å². The van der Waals surface area contributed by atoms with Gasteiger partial charge < -0.3 is 0 Å². The zero-order valence-corrected chi connectivity index (χ0v) is 40.4. The summed E-state index contributed by atoms with van der Waals surface area (Å²) >= 11 is -5.59. The summed E-state index contributed by atoms with van der Waals surface area (Å²) in [6.45, 7) is 13.8. The minimum atomic E-state index is -5.59. The first-order valence-corrected chi connectivity index (χ1v) is 33.6. The summed E-state index contributed by atoms with van der Waals surface area (Å²) in [7, 11) is 17.8. The van der Waals surface area contributed by atoms with Gasteiger partial charge in [-0.15, -0.1) is 0 Å². The summed E-state index contributed by atoms with van der Waals surface area (Å²) in [5, 5.41) is 2.99. The molecule has 0 N–H and O–H groups in total. The summed E-state index contributed by atoms with van der Waals surface area (Å²) in [4.78, 5) is 0. The second-order valence-corrected chi connectivity index (χ2v) is 39.6. The maximum absolute atomic E-state index is 9.34. The summed E-state index contributed by atoms with van der Waals surface area (Å²) in [6, 6.07) is 43.8. The Morgan fingerprint density at radius 3 is 1.47 bits per heavy atom. The Labute approximate surface area is 357 Å². The molecule has 9 rings (SSSR count). The van der Waals surface area contributed by atoms with Gasteiger partial charge in [0.05, 0.1) is 0 Å². The Hall–Kier alpha value is -3.52. The molecule has 1 aliphatic heterocycles. The van der Waals surface area contributed by atoms with E-state index in [1.807, 2.05) is 0 Å². The van der Waals surface area contributed by atoms with Crippen molar-refractivity contribution in [3.05, 3.63) is 171 Å². The van der Waals surface area contributed by atoms with Crippen LogP contribution in [0.25, 0.3) is 45.5 Å². The van der Waals surface area contributed by atoms with Crippen molar-refractivity contribution in [3.63, 3.8) is 0 Å². The molecule has 0 nitrogen and oxygen atoms in total. The van der Waals surface area contributed by atoms with E-state index < -0.39 is 25.9 Å². The van der Waals surface area contributed by atoms with Crippen molar-refractivity contribution in [2.45, 2.75) is 87.3 Å². The van der Waals surface area contributed by atoms with Gasteiger partial charge in [0.25, 0.3) is 0 Å². The molecule has 2 unspecified atom stereocenters. The molecular weight excluding hydrogens is 839 g/mol. The van der Waals surface area contributed by atoms with Gasteiger partial charge in [0.2, 0.25) is 0 Å². The molecule has 0 aromatic heterocycles. The molecule has 6 aromatic rings. The van der Waals surface area contributed by atoms with Crippen molar-refractivity contribution in [3.8, 4) is 33.4 Å². The van der Waals surface area contributed by atoms with E-state index in [1.54, 1.807) is 0 Å². The van der Waals surface area contributed by atoms with E-state index in [0.717, 1.165) is 38.5 Å². The Morgan fingerprint density at radius 2 is 0.983 bits per heavy atom. The number of allylic oxidation sites excluding steroid dienone is 2. The van der Waals surface area contributed by atoms with Crippen LogP contribution < -0.4 is 13.6 Å². The van der Waals surface area contributed by atoms with E-state index in [2.05, 4.69) is 169 Å². The Morgan fingerprint density at radius 1 is 0.517 bits per heavy atom. The third-order valence-electron chi connectivity index (χ3n) is 13.9. The van der Waals surface area contributed by atoms with Crippen LogP contribution in [0.2, 0.25) is 0 Å². The van der Waals surface area contributed by atoms with Crippen LogP contribution in [0.4, 0.5) is 0 Å². The van der Waals surface area contributed by atoms with Crippen LogP contribution >= 0.6 is 17.0 Å². The molecule has 0 saturated heterocycles. The van der Waals surface area contributed by atoms with Crippen LogP contribution in [-0.2, 0) is 29.2 Å². The van der Waals surface area contributed by atoms with Crippen LogP contribution in [0.3, 0.4) is 0 Å². The van der Waals surface area contributed by atoms with Crippen molar-refractivity contribution >= 4 is 52.3 Å². The predicted octanol–water partition coefficient (Wildman–Crippen LogP) is 13.4. The number of benzene rings is 6. The van der Waals surface area contributed by atoms with Gasteiger partial charge in [0, 0.05) is 0 Å². The predicted molar refractivity (Wildman–Crippen MR) is 254 cm³/mol. The van der Waals surface area contributed by atoms with Gasteiger partial charge in [0.15, 0.2) is 0 Å². The minimum absolute atomic E-state index is 0.0736. The van der Waals surface area contributed by atoms with Crippen LogP contribution in [-0.4, -0.2) is 9.52 Å². The van der Waals surface area contributed by atoms with Crippen molar-refractivity contribution in [2.75, 3.05) is 0 Å². The number of aryl methyl sites for hydroxylation is 4. The number of halogens is 2. The Bertz CT molecular complexity index is 2550. The van der Waals surface area contributed by atoms with E-state index in [-0.39, 0.29) is 7.25 Å². The van der Waals surface area contributed by atoms with Crippen LogP contribution in [0.1, 0.15) is 105 Å². The molecule has 0 amide bonds. The van der Waals surface area contributed by atoms with Crippen molar-refractivity contribution in [2.24, 2.45) is 0 Å². The number of fused-ring (bicyclic) bond motifs is 5. The zero-order chi connectivity index (χ0) is 40.4. The van der Waals surface area contributed by atoms with Gasteiger partial charge in [-0.25, -0.2) is 0 Å². The fourth-order valence-electron chi connectivity index (χ4n) is 11.4. The van der Waals surface area contributed by atoms with Crippen molar-refractivity contribution in [1.29, 1.82) is 0 Å². The molecule has 2 atom stereocenters. The summed E-state index contributed by atoms with van der Waals surface area (Å²) in [6.07, 6.45) is 11.1. The first-order valence-electron chi connectivity index (χ1n) is 21.8. The Kier molecular flexibility index (Phi) is 10.7. The second kappa shape index (κ2) is 15.5. The summed E-state index contributed by atoms with van der Waals surface area (Å²) in [5.74, 6) is 0. The van der Waals surface area contributed by atoms with Crippen LogP contribution in [0.15, 0.2) is 126 Å². The number of rotatable bonds is 11. The van der Waals surface area contributed by atoms with Crippen molar-refractivity contribution in [1.82, 2.24) is 0 Å². The maximum atomic E-state index is 9.34. The van der Waals surface area contributed by atoms with Gasteiger partial charge in [-0.05, 0) is 0 Å². The standard InChI is InChI=1S/2C21H23.C12H9Si.2ClH.Zr/c2*1-4-8-17-11-12-18-13-16(5-2)14-20(18)21(17)19-10-7-6-9-15(19)3;1-3-7-11-9(5-1)10-6-2-4-8-12(10)13-11;;;/h2*6-7,9-14H,4-5,8H2,1-3H3;1-7H,13H2;2*1H;/q;;;;;+2/p-2. The van der Waals surface area contributed by atoms with Crippen LogP contribution in [0, 0.1) is 13.8 Å². The zero-order valence-electron chi connectivity index (χ0n) is 35.0. The average Bonchev–Trinajstić information content (AvgIpc) is 3.94. The quantitative estimate of drug-likeness (QED) is 0.114. The average molecular weight is 894 g/mol. The topological polar surface area (TPSA) is 0 Å². The first-order chi connectivity index (χ1) is 28.1. The molecule has 3 aliphatic rings. The molecule has 0 bridgehead atoms. The monoisotopic (exact) mass is 891 g/mol. The first kappa shape index (κ1) is 39.9. The molecule has 6 aromatic carbocycles. The third-order valence-corrected chi connectivity index (χ3v) is 36.7. The number of hydrogen-bond donors (Lipinski definition) is 0. The molecule has 0 radical (unpaired) electrons. The van der Waals surface area contributed by atoms with E-state index >= 15 is 0 Å². The van der Waals surface area contributed by atoms with Gasteiger partial charge in [-0.3, -0.25) is 0 Å². The van der Waals surface area contributed by atoms with E-state index in [1.165, 1.54) is 103 Å². The van der Waals surface area contributed by atoms with Crippen molar-refractivity contribution < 1.29 is 16.4 Å². The second-order valence-electron chi connectivity index (χ2n) is 17.2. The van der Waals surface area contributed by atoms with Gasteiger partial charge in [0.1, 0.15) is 0 Å². The van der Waals surface area contributed by atoms with E-state index in [9.17, 15) is 17.0 Å².